The van der Waals surface area contributed by atoms with Crippen molar-refractivity contribution in [3.8, 4) is 0 Å². The first-order valence-electron chi connectivity index (χ1n) is 5.63. The first kappa shape index (κ1) is 10.4. The topological polar surface area (TPSA) is 27.7 Å². The van der Waals surface area contributed by atoms with E-state index in [2.05, 4.69) is 0 Å². The summed E-state index contributed by atoms with van der Waals surface area (Å²) in [4.78, 5) is 10.9. The summed E-state index contributed by atoms with van der Waals surface area (Å²) in [5.74, 6) is -0.425. The fraction of sp³-hybridized carbons (Fsp3) is 1.00. The van der Waals surface area contributed by atoms with Crippen molar-refractivity contribution >= 4 is 0 Å². The van der Waals surface area contributed by atoms with Gasteiger partial charge < -0.3 is 4.74 Å². The van der Waals surface area contributed by atoms with E-state index in [9.17, 15) is 0 Å². The molecule has 0 N–H and O–H groups in total. The van der Waals surface area contributed by atoms with Gasteiger partial charge in [0, 0.05) is 12.8 Å². The molecule has 1 heterocycles. The quantitative estimate of drug-likeness (QED) is 0.563. The lowest BCUT2D eigenvalue weighted by Crippen LogP contribution is -2.49. The summed E-state index contributed by atoms with van der Waals surface area (Å²) in [5, 5.41) is 0. The molecule has 1 saturated heterocycles. The zero-order valence-corrected chi connectivity index (χ0v) is 9.17. The molecule has 0 amide bonds. The molecular formula is C11H20O3. The molecule has 14 heavy (non-hydrogen) atoms. The zero-order chi connectivity index (χ0) is 10.1. The smallest absolute Gasteiger partial charge is 0.201 e. The molecule has 0 aromatic heterocycles. The van der Waals surface area contributed by atoms with Crippen molar-refractivity contribution in [2.24, 2.45) is 0 Å². The maximum absolute atomic E-state index is 5.85. The molecule has 2 aliphatic rings. The second-order valence-electron chi connectivity index (χ2n) is 5.04. The molecule has 1 saturated carbocycles. The minimum Gasteiger partial charge on any atom is -0.344 e. The zero-order valence-electron chi connectivity index (χ0n) is 9.17. The van der Waals surface area contributed by atoms with Crippen molar-refractivity contribution in [3.05, 3.63) is 0 Å². The van der Waals surface area contributed by atoms with Gasteiger partial charge in [0.15, 0.2) is 0 Å². The van der Waals surface area contributed by atoms with Gasteiger partial charge in [-0.05, 0) is 26.7 Å². The number of hydrogen-bond donors (Lipinski definition) is 0. The maximum atomic E-state index is 5.85. The molecule has 1 spiro atoms. The molecule has 1 aliphatic heterocycles. The molecule has 3 nitrogen and oxygen atoms in total. The molecular weight excluding hydrogens is 180 g/mol. The van der Waals surface area contributed by atoms with E-state index in [1.54, 1.807) is 0 Å². The summed E-state index contributed by atoms with van der Waals surface area (Å²) < 4.78 is 5.85. The molecule has 0 aromatic rings. The largest absolute Gasteiger partial charge is 0.344 e. The van der Waals surface area contributed by atoms with E-state index in [0.717, 1.165) is 12.8 Å². The van der Waals surface area contributed by atoms with Crippen LogP contribution in [0.2, 0.25) is 0 Å². The third kappa shape index (κ3) is 2.27. The molecule has 2 rings (SSSR count). The van der Waals surface area contributed by atoms with Crippen LogP contribution in [0.5, 0.6) is 0 Å². The highest BCUT2D eigenvalue weighted by Crippen LogP contribution is 2.36. The summed E-state index contributed by atoms with van der Waals surface area (Å²) in [6.07, 6.45) is 6.90. The van der Waals surface area contributed by atoms with Gasteiger partial charge in [-0.3, -0.25) is 0 Å². The highest BCUT2D eigenvalue weighted by Gasteiger charge is 2.42. The SMILES string of the molecule is CC1(C)COC2(CCCCCC2)OO1. The Morgan fingerprint density at radius 3 is 2.00 bits per heavy atom. The third-order valence-electron chi connectivity index (χ3n) is 2.97. The Balaban J connectivity index is 1.96. The fourth-order valence-corrected chi connectivity index (χ4v) is 2.04. The average Bonchev–Trinajstić information content (AvgIpc) is 2.37. The van der Waals surface area contributed by atoms with Gasteiger partial charge in [-0.15, -0.1) is 0 Å². The van der Waals surface area contributed by atoms with Crippen LogP contribution in [0.3, 0.4) is 0 Å². The van der Waals surface area contributed by atoms with E-state index in [1.165, 1.54) is 25.7 Å². The van der Waals surface area contributed by atoms with Crippen LogP contribution in [-0.4, -0.2) is 18.0 Å². The summed E-state index contributed by atoms with van der Waals surface area (Å²) in [6.45, 7) is 4.60. The van der Waals surface area contributed by atoms with E-state index < -0.39 is 5.79 Å². The number of hydrogen-bond acceptors (Lipinski definition) is 3. The van der Waals surface area contributed by atoms with Crippen LogP contribution in [0.25, 0.3) is 0 Å². The molecule has 0 radical (unpaired) electrons. The van der Waals surface area contributed by atoms with E-state index in [4.69, 9.17) is 14.5 Å². The summed E-state index contributed by atoms with van der Waals surface area (Å²) in [5.41, 5.74) is -0.294. The predicted octanol–water partition coefficient (Wildman–Crippen LogP) is 2.79. The Morgan fingerprint density at radius 1 is 0.857 bits per heavy atom. The molecule has 0 unspecified atom stereocenters. The van der Waals surface area contributed by atoms with E-state index >= 15 is 0 Å². The van der Waals surface area contributed by atoms with Crippen molar-refractivity contribution in [1.29, 1.82) is 0 Å². The number of ether oxygens (including phenoxy) is 1. The van der Waals surface area contributed by atoms with Crippen LogP contribution in [0.1, 0.15) is 52.4 Å². The standard InChI is InChI=1S/C11H20O3/c1-10(2)9-12-11(14-13-10)7-5-3-4-6-8-11/h3-9H2,1-2H3. The molecule has 82 valence electrons. The van der Waals surface area contributed by atoms with Crippen LogP contribution >= 0.6 is 0 Å². The van der Waals surface area contributed by atoms with Crippen molar-refractivity contribution in [1.82, 2.24) is 0 Å². The normalized spacial score (nSPS) is 31.3. The summed E-state index contributed by atoms with van der Waals surface area (Å²) in [7, 11) is 0. The minimum atomic E-state index is -0.425. The van der Waals surface area contributed by atoms with Gasteiger partial charge in [-0.25, -0.2) is 9.78 Å². The second-order valence-corrected chi connectivity index (χ2v) is 5.04. The second kappa shape index (κ2) is 3.80. The Hall–Kier alpha value is -0.120. The van der Waals surface area contributed by atoms with Crippen molar-refractivity contribution in [2.75, 3.05) is 6.61 Å². The maximum Gasteiger partial charge on any atom is 0.201 e. The lowest BCUT2D eigenvalue weighted by Gasteiger charge is -2.41. The highest BCUT2D eigenvalue weighted by molar-refractivity contribution is 4.78. The van der Waals surface area contributed by atoms with Crippen LogP contribution in [0.15, 0.2) is 0 Å². The third-order valence-corrected chi connectivity index (χ3v) is 2.97. The van der Waals surface area contributed by atoms with E-state index in [1.807, 2.05) is 13.8 Å². The minimum absolute atomic E-state index is 0.294. The van der Waals surface area contributed by atoms with E-state index in [-0.39, 0.29) is 5.60 Å². The number of rotatable bonds is 0. The molecule has 3 heteroatoms. The molecule has 2 fully saturated rings. The van der Waals surface area contributed by atoms with Gasteiger partial charge in [-0.1, -0.05) is 12.8 Å². The predicted molar refractivity (Wildman–Crippen MR) is 52.6 cm³/mol. The Labute approximate surface area is 85.6 Å². The van der Waals surface area contributed by atoms with Crippen LogP contribution in [-0.2, 0) is 14.5 Å². The van der Waals surface area contributed by atoms with Gasteiger partial charge in [0.25, 0.3) is 0 Å². The summed E-state index contributed by atoms with van der Waals surface area (Å²) in [6, 6.07) is 0. The van der Waals surface area contributed by atoms with Gasteiger partial charge >= 0.3 is 0 Å². The van der Waals surface area contributed by atoms with Gasteiger partial charge in [0.1, 0.15) is 5.60 Å². The lowest BCUT2D eigenvalue weighted by atomic mass is 10.1. The van der Waals surface area contributed by atoms with Crippen molar-refractivity contribution < 1.29 is 14.5 Å². The van der Waals surface area contributed by atoms with Gasteiger partial charge in [-0.2, -0.15) is 0 Å². The van der Waals surface area contributed by atoms with Gasteiger partial charge in [0.2, 0.25) is 5.79 Å². The molecule has 0 atom stereocenters. The van der Waals surface area contributed by atoms with Crippen LogP contribution < -0.4 is 0 Å². The lowest BCUT2D eigenvalue weighted by molar-refractivity contribution is -0.508. The first-order chi connectivity index (χ1) is 6.62. The summed E-state index contributed by atoms with van der Waals surface area (Å²) >= 11 is 0. The Bertz CT molecular complexity index is 181. The monoisotopic (exact) mass is 200 g/mol. The van der Waals surface area contributed by atoms with E-state index in [0.29, 0.717) is 6.61 Å². The molecule has 0 bridgehead atoms. The molecule has 0 aromatic carbocycles. The molecule has 1 aliphatic carbocycles. The fourth-order valence-electron chi connectivity index (χ4n) is 2.04. The average molecular weight is 200 g/mol. The van der Waals surface area contributed by atoms with Crippen LogP contribution in [0.4, 0.5) is 0 Å². The van der Waals surface area contributed by atoms with Crippen molar-refractivity contribution in [3.63, 3.8) is 0 Å². The van der Waals surface area contributed by atoms with Crippen molar-refractivity contribution in [2.45, 2.75) is 63.8 Å². The van der Waals surface area contributed by atoms with Gasteiger partial charge in [0.05, 0.1) is 6.61 Å². The Kier molecular flexibility index (Phi) is 2.82. The first-order valence-corrected chi connectivity index (χ1v) is 5.63. The van der Waals surface area contributed by atoms with Crippen LogP contribution in [0, 0.1) is 0 Å². The Morgan fingerprint density at radius 2 is 1.50 bits per heavy atom. The highest BCUT2D eigenvalue weighted by atomic mass is 17.2.